The lowest BCUT2D eigenvalue weighted by atomic mass is 10.1. The van der Waals surface area contributed by atoms with E-state index in [4.69, 9.17) is 4.74 Å². The molecule has 3 rings (SSSR count). The maximum absolute atomic E-state index is 12.9. The monoisotopic (exact) mass is 378 g/mol. The van der Waals surface area contributed by atoms with Crippen molar-refractivity contribution in [2.75, 3.05) is 6.26 Å². The molecule has 0 unspecified atom stereocenters. The van der Waals surface area contributed by atoms with Gasteiger partial charge in [-0.15, -0.1) is 11.8 Å². The summed E-state index contributed by atoms with van der Waals surface area (Å²) in [6.45, 7) is 4.14. The summed E-state index contributed by atoms with van der Waals surface area (Å²) in [6, 6.07) is 12.9. The molecule has 0 amide bonds. The van der Waals surface area contributed by atoms with Gasteiger partial charge in [-0.25, -0.2) is 4.79 Å². The number of hydrogen-bond acceptors (Lipinski definition) is 5. The van der Waals surface area contributed by atoms with Crippen LogP contribution in [0.1, 0.15) is 32.6 Å². The van der Waals surface area contributed by atoms with Gasteiger partial charge in [0.1, 0.15) is 18.2 Å². The number of nitriles is 1. The topological polar surface area (TPSA) is 71.6 Å². The van der Waals surface area contributed by atoms with Gasteiger partial charge in [-0.2, -0.15) is 5.26 Å². The van der Waals surface area contributed by atoms with Gasteiger partial charge in [-0.05, 0) is 48.9 Å². The summed E-state index contributed by atoms with van der Waals surface area (Å²) in [5.74, 6) is -0.558. The van der Waals surface area contributed by atoms with Crippen LogP contribution < -0.4 is 5.56 Å². The lowest BCUT2D eigenvalue weighted by Gasteiger charge is -2.13. The number of rotatable bonds is 4. The minimum Gasteiger partial charge on any atom is -0.457 e. The summed E-state index contributed by atoms with van der Waals surface area (Å²) < 4.78 is 6.83. The fourth-order valence-electron chi connectivity index (χ4n) is 2.90. The highest BCUT2D eigenvalue weighted by atomic mass is 32.2. The van der Waals surface area contributed by atoms with Crippen LogP contribution in [0, 0.1) is 25.2 Å². The molecule has 0 fully saturated rings. The van der Waals surface area contributed by atoms with Crippen LogP contribution in [0.3, 0.4) is 0 Å². The standard InChI is InChI=1S/C21H18N2O3S/c1-13-7-8-15(10-14(13)2)12-26-21(25)18-17-6-4-5-9-23(17)20(24)16(11-22)19(18)27-3/h4-10H,12H2,1-3H3. The fraction of sp³-hybridized carbons (Fsp3) is 0.190. The molecule has 0 saturated carbocycles. The molecule has 0 aliphatic heterocycles. The molecule has 1 aromatic carbocycles. The highest BCUT2D eigenvalue weighted by Crippen LogP contribution is 2.27. The Balaban J connectivity index is 2.06. The van der Waals surface area contributed by atoms with Crippen LogP contribution in [0.25, 0.3) is 5.52 Å². The summed E-state index contributed by atoms with van der Waals surface area (Å²) in [5.41, 5.74) is 3.35. The predicted octanol–water partition coefficient (Wildman–Crippen LogP) is 3.87. The molecule has 0 N–H and O–H groups in total. The molecule has 2 heterocycles. The van der Waals surface area contributed by atoms with Gasteiger partial charge in [0.2, 0.25) is 0 Å². The normalized spacial score (nSPS) is 10.6. The van der Waals surface area contributed by atoms with Crippen LogP contribution >= 0.6 is 11.8 Å². The number of pyridine rings is 2. The fourth-order valence-corrected chi connectivity index (χ4v) is 3.63. The summed E-state index contributed by atoms with van der Waals surface area (Å²) in [4.78, 5) is 25.8. The second kappa shape index (κ2) is 7.68. The number of hydrogen-bond donors (Lipinski definition) is 0. The van der Waals surface area contributed by atoms with Crippen molar-refractivity contribution < 1.29 is 9.53 Å². The van der Waals surface area contributed by atoms with E-state index < -0.39 is 11.5 Å². The van der Waals surface area contributed by atoms with E-state index in [1.54, 1.807) is 30.7 Å². The smallest absolute Gasteiger partial charge is 0.341 e. The van der Waals surface area contributed by atoms with Crippen molar-refractivity contribution in [3.05, 3.63) is 80.8 Å². The molecule has 0 aliphatic carbocycles. The Morgan fingerprint density at radius 3 is 2.67 bits per heavy atom. The second-order valence-electron chi connectivity index (χ2n) is 6.15. The molecule has 0 bridgehead atoms. The summed E-state index contributed by atoms with van der Waals surface area (Å²) >= 11 is 1.19. The second-order valence-corrected chi connectivity index (χ2v) is 6.97. The van der Waals surface area contributed by atoms with Crippen LogP contribution in [-0.4, -0.2) is 16.6 Å². The predicted molar refractivity (Wildman–Crippen MR) is 105 cm³/mol. The van der Waals surface area contributed by atoms with E-state index >= 15 is 0 Å². The van der Waals surface area contributed by atoms with E-state index in [0.717, 1.165) is 11.1 Å². The molecular formula is C21H18N2O3S. The molecule has 5 nitrogen and oxygen atoms in total. The average molecular weight is 378 g/mol. The Bertz CT molecular complexity index is 1140. The summed E-state index contributed by atoms with van der Waals surface area (Å²) in [6.07, 6.45) is 3.28. The van der Waals surface area contributed by atoms with E-state index in [-0.39, 0.29) is 17.7 Å². The maximum atomic E-state index is 12.9. The van der Waals surface area contributed by atoms with Crippen molar-refractivity contribution in [1.29, 1.82) is 5.26 Å². The zero-order valence-electron chi connectivity index (χ0n) is 15.3. The quantitative estimate of drug-likeness (QED) is 0.509. The van der Waals surface area contributed by atoms with Crippen LogP contribution in [0.15, 0.2) is 52.3 Å². The van der Waals surface area contributed by atoms with E-state index in [0.29, 0.717) is 10.4 Å². The highest BCUT2D eigenvalue weighted by Gasteiger charge is 2.23. The molecule has 0 spiro atoms. The van der Waals surface area contributed by atoms with E-state index in [9.17, 15) is 14.9 Å². The SMILES string of the molecule is CSc1c(C#N)c(=O)n2ccccc2c1C(=O)OCc1ccc(C)c(C)c1. The minimum atomic E-state index is -0.558. The molecular weight excluding hydrogens is 360 g/mol. The third kappa shape index (κ3) is 3.46. The first-order chi connectivity index (χ1) is 13.0. The molecule has 27 heavy (non-hydrogen) atoms. The lowest BCUT2D eigenvalue weighted by Crippen LogP contribution is -2.22. The number of aromatic nitrogens is 1. The molecule has 3 aromatic rings. The first-order valence-corrected chi connectivity index (χ1v) is 9.55. The highest BCUT2D eigenvalue weighted by molar-refractivity contribution is 7.98. The van der Waals surface area contributed by atoms with Gasteiger partial charge in [-0.1, -0.05) is 24.3 Å². The van der Waals surface area contributed by atoms with Crippen molar-refractivity contribution in [3.8, 4) is 6.07 Å². The number of thioether (sulfide) groups is 1. The number of benzene rings is 1. The number of esters is 1. The van der Waals surface area contributed by atoms with Crippen LogP contribution in [-0.2, 0) is 11.3 Å². The molecule has 0 radical (unpaired) electrons. The Kier molecular flexibility index (Phi) is 5.33. The summed E-state index contributed by atoms with van der Waals surface area (Å²) in [5, 5.41) is 9.43. The maximum Gasteiger partial charge on any atom is 0.341 e. The van der Waals surface area contributed by atoms with Crippen molar-refractivity contribution in [2.45, 2.75) is 25.3 Å². The van der Waals surface area contributed by atoms with Gasteiger partial charge in [0.05, 0.1) is 11.1 Å². The van der Waals surface area contributed by atoms with Crippen molar-refractivity contribution in [3.63, 3.8) is 0 Å². The number of aryl methyl sites for hydroxylation is 2. The van der Waals surface area contributed by atoms with Gasteiger partial charge in [0.15, 0.2) is 0 Å². The first-order valence-electron chi connectivity index (χ1n) is 8.32. The van der Waals surface area contributed by atoms with Crippen LogP contribution in [0.4, 0.5) is 0 Å². The Morgan fingerprint density at radius 1 is 1.22 bits per heavy atom. The van der Waals surface area contributed by atoms with Gasteiger partial charge in [0, 0.05) is 11.1 Å². The number of carbonyl (C=O) groups is 1. The summed E-state index contributed by atoms with van der Waals surface area (Å²) in [7, 11) is 0. The Morgan fingerprint density at radius 2 is 2.00 bits per heavy atom. The number of nitrogens with zero attached hydrogens (tertiary/aromatic N) is 2. The van der Waals surface area contributed by atoms with Gasteiger partial charge in [0.25, 0.3) is 5.56 Å². The Labute approximate surface area is 161 Å². The van der Waals surface area contributed by atoms with Crippen LogP contribution in [0.5, 0.6) is 0 Å². The number of carbonyl (C=O) groups excluding carboxylic acids is 1. The molecule has 2 aromatic heterocycles. The van der Waals surface area contributed by atoms with E-state index in [1.807, 2.05) is 38.1 Å². The average Bonchev–Trinajstić information content (AvgIpc) is 2.68. The lowest BCUT2D eigenvalue weighted by molar-refractivity contribution is 0.0470. The zero-order valence-corrected chi connectivity index (χ0v) is 16.1. The van der Waals surface area contributed by atoms with Crippen molar-refractivity contribution >= 4 is 23.2 Å². The first kappa shape index (κ1) is 18.7. The molecule has 6 heteroatoms. The van der Waals surface area contributed by atoms with Gasteiger partial charge < -0.3 is 4.74 Å². The third-order valence-electron chi connectivity index (χ3n) is 4.46. The van der Waals surface area contributed by atoms with Gasteiger partial charge >= 0.3 is 5.97 Å². The van der Waals surface area contributed by atoms with Crippen LogP contribution in [0.2, 0.25) is 0 Å². The molecule has 136 valence electrons. The minimum absolute atomic E-state index is 0.0515. The van der Waals surface area contributed by atoms with E-state index in [1.165, 1.54) is 21.7 Å². The van der Waals surface area contributed by atoms with E-state index in [2.05, 4.69) is 0 Å². The zero-order chi connectivity index (χ0) is 19.6. The van der Waals surface area contributed by atoms with Crippen molar-refractivity contribution in [1.82, 2.24) is 4.40 Å². The molecule has 0 atom stereocenters. The molecule has 0 saturated heterocycles. The van der Waals surface area contributed by atoms with Gasteiger partial charge in [-0.3, -0.25) is 9.20 Å². The van der Waals surface area contributed by atoms with Crippen molar-refractivity contribution in [2.24, 2.45) is 0 Å². The third-order valence-corrected chi connectivity index (χ3v) is 5.28. The number of fused-ring (bicyclic) bond motifs is 1. The Hall–Kier alpha value is -3.04. The molecule has 0 aliphatic rings. The number of ether oxygens (including phenoxy) is 1. The largest absolute Gasteiger partial charge is 0.457 e.